The van der Waals surface area contributed by atoms with Gasteiger partial charge >= 0.3 is 5.97 Å². The van der Waals surface area contributed by atoms with E-state index < -0.39 is 29.2 Å². The highest BCUT2D eigenvalue weighted by Gasteiger charge is 2.55. The van der Waals surface area contributed by atoms with Gasteiger partial charge in [0.1, 0.15) is 22.8 Å². The lowest BCUT2D eigenvalue weighted by Crippen LogP contribution is -2.71. The molecule has 3 aliphatic rings. The molecule has 29 heavy (non-hydrogen) atoms. The first-order chi connectivity index (χ1) is 13.9. The van der Waals surface area contributed by atoms with Crippen molar-refractivity contribution in [2.45, 2.75) is 16.0 Å². The van der Waals surface area contributed by atoms with Crippen molar-refractivity contribution in [2.24, 2.45) is 5.16 Å². The molecule has 4 heterocycles. The van der Waals surface area contributed by atoms with Gasteiger partial charge in [-0.3, -0.25) is 14.5 Å². The third-order valence-electron chi connectivity index (χ3n) is 4.47. The predicted molar refractivity (Wildman–Crippen MR) is 113 cm³/mol. The summed E-state index contributed by atoms with van der Waals surface area (Å²) in [6.07, 6.45) is 0. The molecule has 4 rings (SSSR count). The zero-order chi connectivity index (χ0) is 20.7. The maximum atomic E-state index is 12.7. The summed E-state index contributed by atoms with van der Waals surface area (Å²) in [6.45, 7) is 0. The van der Waals surface area contributed by atoms with Crippen LogP contribution in [-0.4, -0.2) is 76.9 Å². The van der Waals surface area contributed by atoms with Gasteiger partial charge in [0.2, 0.25) is 0 Å². The summed E-state index contributed by atoms with van der Waals surface area (Å²) in [4.78, 5) is 42.2. The van der Waals surface area contributed by atoms with E-state index in [9.17, 15) is 24.7 Å². The second kappa shape index (κ2) is 8.08. The third kappa shape index (κ3) is 3.58. The van der Waals surface area contributed by atoms with Crippen LogP contribution in [0.15, 0.2) is 21.8 Å². The van der Waals surface area contributed by atoms with Gasteiger partial charge in [-0.25, -0.2) is 9.78 Å². The molecule has 2 saturated heterocycles. The van der Waals surface area contributed by atoms with Gasteiger partial charge < -0.3 is 21.4 Å². The SMILES string of the molecule is Nc1nc(C(=NO)C(=O)NC2C(=O)N3C(C(=O)O)=C(C4SCCS4)CS[C@@H]23)cs1. The van der Waals surface area contributed by atoms with Gasteiger partial charge in [0.15, 0.2) is 10.8 Å². The number of aliphatic carboxylic acids is 1. The fourth-order valence-electron chi connectivity index (χ4n) is 3.20. The Morgan fingerprint density at radius 1 is 1.31 bits per heavy atom. The van der Waals surface area contributed by atoms with Crippen LogP contribution < -0.4 is 11.1 Å². The minimum absolute atomic E-state index is 0.0134. The number of rotatable bonds is 5. The molecule has 0 saturated carbocycles. The fraction of sp³-hybridized carbons (Fsp3) is 0.400. The molecule has 14 heteroatoms. The summed E-state index contributed by atoms with van der Waals surface area (Å²) in [6, 6.07) is -0.917. The van der Waals surface area contributed by atoms with Gasteiger partial charge in [0.05, 0.1) is 4.58 Å². The minimum Gasteiger partial charge on any atom is -0.477 e. The number of hydrogen-bond donors (Lipinski definition) is 4. The Morgan fingerprint density at radius 2 is 2.03 bits per heavy atom. The molecular formula is C15H15N5O5S4. The van der Waals surface area contributed by atoms with E-state index in [1.807, 2.05) is 0 Å². The van der Waals surface area contributed by atoms with Crippen molar-refractivity contribution in [1.82, 2.24) is 15.2 Å². The van der Waals surface area contributed by atoms with E-state index in [-0.39, 0.29) is 26.8 Å². The number of carboxylic acids is 1. The van der Waals surface area contributed by atoms with Crippen LogP contribution >= 0.6 is 46.6 Å². The summed E-state index contributed by atoms with van der Waals surface area (Å²) in [5, 5.41) is 25.5. The number of amides is 2. The van der Waals surface area contributed by atoms with E-state index in [1.165, 1.54) is 22.0 Å². The number of aromatic nitrogens is 1. The standard InChI is InChI=1S/C15H15N5O5S4/c16-15-17-6(4-29-15)7(19-25)10(21)18-8-11(22)20-9(13(23)24)5(3-28-12(8)20)14-26-1-2-27-14/h4,8,12,14,25H,1-3H2,(H2,16,17)(H,18,21)(H,23,24)/t8?,12-/m0/s1. The average molecular weight is 474 g/mol. The number of oxime groups is 1. The van der Waals surface area contributed by atoms with E-state index in [2.05, 4.69) is 15.5 Å². The largest absolute Gasteiger partial charge is 0.477 e. The highest BCUT2D eigenvalue weighted by atomic mass is 32.2. The number of carboxylic acid groups (broad SMARTS) is 1. The number of carbonyl (C=O) groups excluding carboxylic acids is 2. The number of nitrogens with one attached hydrogen (secondary N) is 1. The van der Waals surface area contributed by atoms with Crippen LogP contribution in [0.2, 0.25) is 0 Å². The van der Waals surface area contributed by atoms with Crippen molar-refractivity contribution in [3.05, 3.63) is 22.3 Å². The van der Waals surface area contributed by atoms with Crippen molar-refractivity contribution in [2.75, 3.05) is 23.0 Å². The lowest BCUT2D eigenvalue weighted by molar-refractivity contribution is -0.150. The van der Waals surface area contributed by atoms with Gasteiger partial charge in [0.25, 0.3) is 11.8 Å². The number of β-lactam (4-membered cyclic amide) rings is 1. The molecule has 10 nitrogen and oxygen atoms in total. The van der Waals surface area contributed by atoms with E-state index in [0.29, 0.717) is 5.75 Å². The summed E-state index contributed by atoms with van der Waals surface area (Å²) < 4.78 is 0.0271. The smallest absolute Gasteiger partial charge is 0.352 e. The van der Waals surface area contributed by atoms with E-state index in [4.69, 9.17) is 5.73 Å². The molecule has 1 aromatic heterocycles. The van der Waals surface area contributed by atoms with Crippen LogP contribution in [0.3, 0.4) is 0 Å². The van der Waals surface area contributed by atoms with Crippen molar-refractivity contribution in [3.63, 3.8) is 0 Å². The number of nitrogens with two attached hydrogens (primary N) is 1. The summed E-state index contributed by atoms with van der Waals surface area (Å²) in [5.74, 6) is -0.0877. The zero-order valence-corrected chi connectivity index (χ0v) is 17.9. The van der Waals surface area contributed by atoms with E-state index in [0.717, 1.165) is 28.4 Å². The molecule has 0 spiro atoms. The average Bonchev–Trinajstić information content (AvgIpc) is 3.37. The molecule has 2 fully saturated rings. The van der Waals surface area contributed by atoms with Gasteiger partial charge in [-0.1, -0.05) is 5.16 Å². The molecule has 5 N–H and O–H groups in total. The molecule has 0 bridgehead atoms. The fourth-order valence-corrected chi connectivity index (χ4v) is 8.30. The van der Waals surface area contributed by atoms with E-state index in [1.54, 1.807) is 23.5 Å². The van der Waals surface area contributed by atoms with Crippen LogP contribution in [0.4, 0.5) is 5.13 Å². The second-order valence-corrected chi connectivity index (χ2v) is 10.9. The molecule has 154 valence electrons. The second-order valence-electron chi connectivity index (χ2n) is 6.13. The molecule has 0 radical (unpaired) electrons. The number of thiazole rings is 1. The Hall–Kier alpha value is -1.90. The first-order valence-electron chi connectivity index (χ1n) is 8.31. The number of carbonyl (C=O) groups is 3. The number of hydrogen-bond acceptors (Lipinski definition) is 11. The Balaban J connectivity index is 1.52. The van der Waals surface area contributed by atoms with Crippen molar-refractivity contribution in [1.29, 1.82) is 0 Å². The molecule has 2 atom stereocenters. The van der Waals surface area contributed by atoms with Gasteiger partial charge in [-0.2, -0.15) is 0 Å². The summed E-state index contributed by atoms with van der Waals surface area (Å²) >= 11 is 5.84. The van der Waals surface area contributed by atoms with Crippen molar-refractivity contribution in [3.8, 4) is 0 Å². The number of fused-ring (bicyclic) bond motifs is 1. The Kier molecular flexibility index (Phi) is 5.68. The number of nitrogens with zero attached hydrogens (tertiary/aromatic N) is 3. The Morgan fingerprint density at radius 3 is 2.62 bits per heavy atom. The first kappa shape index (κ1) is 20.4. The topological polar surface area (TPSA) is 158 Å². The predicted octanol–water partition coefficient (Wildman–Crippen LogP) is 0.448. The first-order valence-corrected chi connectivity index (χ1v) is 12.3. The Bertz CT molecular complexity index is 941. The zero-order valence-electron chi connectivity index (χ0n) is 14.6. The molecule has 0 aromatic carbocycles. The van der Waals surface area contributed by atoms with Crippen LogP contribution in [0.5, 0.6) is 0 Å². The van der Waals surface area contributed by atoms with Crippen LogP contribution in [0, 0.1) is 0 Å². The summed E-state index contributed by atoms with van der Waals surface area (Å²) in [7, 11) is 0. The van der Waals surface area contributed by atoms with Crippen LogP contribution in [0.1, 0.15) is 5.69 Å². The maximum absolute atomic E-state index is 12.7. The molecule has 0 aliphatic carbocycles. The van der Waals surface area contributed by atoms with Gasteiger partial charge in [-0.15, -0.1) is 46.6 Å². The normalized spacial score (nSPS) is 25.0. The van der Waals surface area contributed by atoms with Gasteiger partial charge in [0, 0.05) is 22.6 Å². The van der Waals surface area contributed by atoms with Crippen LogP contribution in [0.25, 0.3) is 0 Å². The minimum atomic E-state index is -1.15. The highest BCUT2D eigenvalue weighted by molar-refractivity contribution is 8.20. The number of thioether (sulfide) groups is 3. The summed E-state index contributed by atoms with van der Waals surface area (Å²) in [5.41, 5.74) is 6.02. The van der Waals surface area contributed by atoms with Gasteiger partial charge in [-0.05, 0) is 5.57 Å². The lowest BCUT2D eigenvalue weighted by atomic mass is 10.0. The molecular weight excluding hydrogens is 458 g/mol. The quantitative estimate of drug-likeness (QED) is 0.205. The molecule has 2 amide bonds. The molecule has 1 unspecified atom stereocenters. The number of anilines is 1. The third-order valence-corrected chi connectivity index (χ3v) is 9.58. The molecule has 3 aliphatic heterocycles. The molecule has 1 aromatic rings. The monoisotopic (exact) mass is 473 g/mol. The van der Waals surface area contributed by atoms with Crippen molar-refractivity contribution < 1.29 is 24.7 Å². The lowest BCUT2D eigenvalue weighted by Gasteiger charge is -2.49. The van der Waals surface area contributed by atoms with E-state index >= 15 is 0 Å². The van der Waals surface area contributed by atoms with Crippen LogP contribution in [-0.2, 0) is 14.4 Å². The highest BCUT2D eigenvalue weighted by Crippen LogP contribution is 2.47. The number of nitrogen functional groups attached to an aromatic ring is 1. The Labute approximate surface area is 181 Å². The maximum Gasteiger partial charge on any atom is 0.352 e. The van der Waals surface area contributed by atoms with Crippen molar-refractivity contribution >= 4 is 75.2 Å².